The Kier molecular flexibility index (Phi) is 3.38. The van der Waals surface area contributed by atoms with Gasteiger partial charge in [0.2, 0.25) is 0 Å². The van der Waals surface area contributed by atoms with E-state index in [1.807, 2.05) is 13.0 Å². The van der Waals surface area contributed by atoms with Gasteiger partial charge >= 0.3 is 0 Å². The van der Waals surface area contributed by atoms with Crippen molar-refractivity contribution in [1.29, 1.82) is 0 Å². The van der Waals surface area contributed by atoms with E-state index in [4.69, 9.17) is 0 Å². The number of anilines is 2. The average molecular weight is 299 g/mol. The Hall–Kier alpha value is -1.49. The lowest BCUT2D eigenvalue weighted by molar-refractivity contribution is 0.603. The third-order valence-electron chi connectivity index (χ3n) is 2.23. The molecule has 0 fully saturated rings. The molecule has 5 heteroatoms. The van der Waals surface area contributed by atoms with Gasteiger partial charge in [-0.15, -0.1) is 0 Å². The molecule has 0 spiro atoms. The van der Waals surface area contributed by atoms with E-state index in [0.29, 0.717) is 5.82 Å². The van der Waals surface area contributed by atoms with Gasteiger partial charge in [0.05, 0.1) is 5.69 Å². The Labute approximate surface area is 106 Å². The first-order chi connectivity index (χ1) is 8.06. The van der Waals surface area contributed by atoms with Gasteiger partial charge in [0.15, 0.2) is 0 Å². The smallest absolute Gasteiger partial charge is 0.146 e. The van der Waals surface area contributed by atoms with E-state index in [1.54, 1.807) is 6.20 Å². The Balaban J connectivity index is 2.34. The summed E-state index contributed by atoms with van der Waals surface area (Å²) in [6, 6.07) is 5.08. The molecule has 2 rings (SSSR count). The fourth-order valence-corrected chi connectivity index (χ4v) is 1.84. The number of hydrogen-bond donors (Lipinski definition) is 1. The first-order valence-electron chi connectivity index (χ1n) is 4.90. The fraction of sp³-hybridized carbons (Fsp3) is 0.0833. The van der Waals surface area contributed by atoms with Crippen LogP contribution in [0, 0.1) is 18.6 Å². The number of aryl methyl sites for hydroxylation is 1. The molecule has 0 unspecified atom stereocenters. The molecule has 1 heterocycles. The highest BCUT2D eigenvalue weighted by molar-refractivity contribution is 9.10. The predicted octanol–water partition coefficient (Wildman–Crippen LogP) is 4.17. The highest BCUT2D eigenvalue weighted by atomic mass is 79.9. The van der Waals surface area contributed by atoms with Crippen molar-refractivity contribution >= 4 is 27.4 Å². The first-order valence-corrected chi connectivity index (χ1v) is 5.70. The second-order valence-electron chi connectivity index (χ2n) is 3.57. The lowest BCUT2D eigenvalue weighted by Gasteiger charge is -2.09. The molecule has 1 N–H and O–H groups in total. The van der Waals surface area contributed by atoms with Crippen LogP contribution in [0.25, 0.3) is 0 Å². The molecular formula is C12H9BrF2N2. The van der Waals surface area contributed by atoms with Gasteiger partial charge < -0.3 is 5.32 Å². The number of nitrogens with one attached hydrogen (secondary N) is 1. The average Bonchev–Trinajstić information content (AvgIpc) is 2.27. The number of benzene rings is 1. The molecule has 0 atom stereocenters. The van der Waals surface area contributed by atoms with Gasteiger partial charge in [0, 0.05) is 16.7 Å². The van der Waals surface area contributed by atoms with Gasteiger partial charge in [-0.3, -0.25) is 0 Å². The van der Waals surface area contributed by atoms with E-state index >= 15 is 0 Å². The zero-order valence-electron chi connectivity index (χ0n) is 8.97. The van der Waals surface area contributed by atoms with Crippen molar-refractivity contribution in [2.45, 2.75) is 6.92 Å². The standard InChI is InChI=1S/C12H9BrF2N2/c1-7-4-8(13)6-16-12(7)17-11-5-9(14)2-3-10(11)15/h2-6H,1H3,(H,16,17). The summed E-state index contributed by atoms with van der Waals surface area (Å²) in [5.41, 5.74) is 0.908. The molecule has 0 saturated heterocycles. The predicted molar refractivity (Wildman–Crippen MR) is 66.3 cm³/mol. The van der Waals surface area contributed by atoms with Crippen LogP contribution >= 0.6 is 15.9 Å². The summed E-state index contributed by atoms with van der Waals surface area (Å²) < 4.78 is 27.2. The van der Waals surface area contributed by atoms with Gasteiger partial charge in [0.25, 0.3) is 0 Å². The summed E-state index contributed by atoms with van der Waals surface area (Å²) in [7, 11) is 0. The second kappa shape index (κ2) is 4.79. The van der Waals surface area contributed by atoms with E-state index in [0.717, 1.165) is 28.2 Å². The highest BCUT2D eigenvalue weighted by Gasteiger charge is 2.06. The van der Waals surface area contributed by atoms with Gasteiger partial charge in [-0.25, -0.2) is 13.8 Å². The third kappa shape index (κ3) is 2.79. The van der Waals surface area contributed by atoms with Crippen LogP contribution < -0.4 is 5.32 Å². The molecule has 17 heavy (non-hydrogen) atoms. The van der Waals surface area contributed by atoms with Crippen molar-refractivity contribution in [2.24, 2.45) is 0 Å². The van der Waals surface area contributed by atoms with Crippen molar-refractivity contribution in [1.82, 2.24) is 4.98 Å². The van der Waals surface area contributed by atoms with Crippen molar-refractivity contribution in [3.8, 4) is 0 Å². The van der Waals surface area contributed by atoms with Crippen LogP contribution in [0.1, 0.15) is 5.56 Å². The van der Waals surface area contributed by atoms with Gasteiger partial charge in [-0.2, -0.15) is 0 Å². The minimum Gasteiger partial charge on any atom is -0.338 e. The van der Waals surface area contributed by atoms with Gasteiger partial charge in [0.1, 0.15) is 17.5 Å². The van der Waals surface area contributed by atoms with Gasteiger partial charge in [-0.05, 0) is 46.6 Å². The highest BCUT2D eigenvalue weighted by Crippen LogP contribution is 2.23. The number of aromatic nitrogens is 1. The molecule has 2 nitrogen and oxygen atoms in total. The largest absolute Gasteiger partial charge is 0.338 e. The molecule has 0 saturated carbocycles. The van der Waals surface area contributed by atoms with E-state index in [2.05, 4.69) is 26.2 Å². The summed E-state index contributed by atoms with van der Waals surface area (Å²) in [5, 5.41) is 2.76. The Morgan fingerprint density at radius 1 is 1.24 bits per heavy atom. The van der Waals surface area contributed by atoms with Crippen molar-refractivity contribution < 1.29 is 8.78 Å². The maximum Gasteiger partial charge on any atom is 0.146 e. The molecular weight excluding hydrogens is 290 g/mol. The second-order valence-corrected chi connectivity index (χ2v) is 4.48. The van der Waals surface area contributed by atoms with Crippen molar-refractivity contribution in [2.75, 3.05) is 5.32 Å². The van der Waals surface area contributed by atoms with Crippen LogP contribution in [0.2, 0.25) is 0 Å². The summed E-state index contributed by atoms with van der Waals surface area (Å²) >= 11 is 3.28. The van der Waals surface area contributed by atoms with Crippen LogP contribution in [-0.2, 0) is 0 Å². The molecule has 0 aliphatic carbocycles. The Bertz CT molecular complexity index is 558. The van der Waals surface area contributed by atoms with E-state index < -0.39 is 11.6 Å². The van der Waals surface area contributed by atoms with Gasteiger partial charge in [-0.1, -0.05) is 0 Å². The van der Waals surface area contributed by atoms with E-state index in [1.165, 1.54) is 0 Å². The lowest BCUT2D eigenvalue weighted by atomic mass is 10.2. The number of pyridine rings is 1. The normalized spacial score (nSPS) is 10.4. The van der Waals surface area contributed by atoms with Crippen LogP contribution in [0.15, 0.2) is 34.9 Å². The molecule has 0 aliphatic rings. The summed E-state index contributed by atoms with van der Waals surface area (Å²) in [6.45, 7) is 1.83. The monoisotopic (exact) mass is 298 g/mol. The SMILES string of the molecule is Cc1cc(Br)cnc1Nc1cc(F)ccc1F. The first kappa shape index (κ1) is 12.0. The minimum absolute atomic E-state index is 0.0722. The minimum atomic E-state index is -0.518. The number of nitrogens with zero attached hydrogens (tertiary/aromatic N) is 1. The molecule has 88 valence electrons. The zero-order chi connectivity index (χ0) is 12.4. The Morgan fingerprint density at radius 2 is 2.00 bits per heavy atom. The molecule has 0 amide bonds. The van der Waals surface area contributed by atoms with Crippen LogP contribution in [0.3, 0.4) is 0 Å². The van der Waals surface area contributed by atoms with Crippen LogP contribution in [0.4, 0.5) is 20.3 Å². The number of halogens is 3. The molecule has 1 aromatic carbocycles. The lowest BCUT2D eigenvalue weighted by Crippen LogP contribution is -1.99. The maximum atomic E-state index is 13.4. The summed E-state index contributed by atoms with van der Waals surface area (Å²) in [6.07, 6.45) is 1.59. The zero-order valence-corrected chi connectivity index (χ0v) is 10.6. The summed E-state index contributed by atoms with van der Waals surface area (Å²) in [5.74, 6) is -0.517. The molecule has 0 aliphatic heterocycles. The summed E-state index contributed by atoms with van der Waals surface area (Å²) in [4.78, 5) is 4.10. The number of rotatable bonds is 2. The molecule has 2 aromatic rings. The van der Waals surface area contributed by atoms with E-state index in [-0.39, 0.29) is 5.69 Å². The Morgan fingerprint density at radius 3 is 2.71 bits per heavy atom. The van der Waals surface area contributed by atoms with E-state index in [9.17, 15) is 8.78 Å². The molecule has 0 radical (unpaired) electrons. The third-order valence-corrected chi connectivity index (χ3v) is 2.66. The van der Waals surface area contributed by atoms with Crippen molar-refractivity contribution in [3.63, 3.8) is 0 Å². The number of hydrogen-bond acceptors (Lipinski definition) is 2. The van der Waals surface area contributed by atoms with Crippen LogP contribution in [0.5, 0.6) is 0 Å². The van der Waals surface area contributed by atoms with Crippen molar-refractivity contribution in [3.05, 3.63) is 52.1 Å². The maximum absolute atomic E-state index is 13.4. The molecule has 0 bridgehead atoms. The molecule has 1 aromatic heterocycles. The van der Waals surface area contributed by atoms with Crippen LogP contribution in [-0.4, -0.2) is 4.98 Å². The fourth-order valence-electron chi connectivity index (χ4n) is 1.39. The quantitative estimate of drug-likeness (QED) is 0.900. The topological polar surface area (TPSA) is 24.9 Å².